The molecular formula is C38H38Cl2F3N3O9S. The van der Waals surface area contributed by atoms with E-state index in [1.54, 1.807) is 25.3 Å². The summed E-state index contributed by atoms with van der Waals surface area (Å²) in [6.07, 6.45) is 1.42. The second kappa shape index (κ2) is 19.4. The zero-order chi connectivity index (χ0) is 40.5. The maximum absolute atomic E-state index is 15.1. The normalized spacial score (nSPS) is 17.8. The third kappa shape index (κ3) is 11.0. The van der Waals surface area contributed by atoms with E-state index in [9.17, 15) is 23.6 Å². The van der Waals surface area contributed by atoms with Crippen molar-refractivity contribution in [3.05, 3.63) is 109 Å². The van der Waals surface area contributed by atoms with Gasteiger partial charge < -0.3 is 29.3 Å². The van der Waals surface area contributed by atoms with Crippen LogP contribution in [0.1, 0.15) is 59.2 Å². The van der Waals surface area contributed by atoms with Gasteiger partial charge in [-0.05, 0) is 81.6 Å². The lowest BCUT2D eigenvalue weighted by Crippen LogP contribution is -2.53. The number of benzene rings is 2. The topological polar surface area (TPSA) is 142 Å². The number of halogens is 5. The average Bonchev–Trinajstić information content (AvgIpc) is 3.62. The molecule has 18 heteroatoms. The number of hydrogen-bond acceptors (Lipinski definition) is 10. The van der Waals surface area contributed by atoms with Crippen LogP contribution >= 0.6 is 34.5 Å². The number of amides is 1. The number of anilines is 1. The van der Waals surface area contributed by atoms with Gasteiger partial charge in [0.15, 0.2) is 23.9 Å². The largest absolute Gasteiger partial charge is 0.619 e. The minimum absolute atomic E-state index is 0.0149. The molecule has 7 rings (SSSR count). The maximum Gasteiger partial charge on any atom is 0.415 e. The van der Waals surface area contributed by atoms with Gasteiger partial charge in [0.05, 0.1) is 23.9 Å². The van der Waals surface area contributed by atoms with E-state index < -0.39 is 36.7 Å². The van der Waals surface area contributed by atoms with Crippen LogP contribution < -0.4 is 19.1 Å². The van der Waals surface area contributed by atoms with Gasteiger partial charge in [-0.15, -0.1) is 11.3 Å². The summed E-state index contributed by atoms with van der Waals surface area (Å²) in [5, 5.41) is 20.4. The average molecular weight is 841 g/mol. The number of pyridine rings is 1. The van der Waals surface area contributed by atoms with Crippen LogP contribution in [0.3, 0.4) is 0 Å². The molecule has 3 aliphatic rings. The van der Waals surface area contributed by atoms with E-state index in [4.69, 9.17) is 47.3 Å². The van der Waals surface area contributed by atoms with Crippen LogP contribution in [0.4, 0.5) is 23.7 Å². The molecule has 0 spiro atoms. The van der Waals surface area contributed by atoms with Gasteiger partial charge in [0.1, 0.15) is 28.1 Å². The van der Waals surface area contributed by atoms with Crippen molar-refractivity contribution in [1.29, 1.82) is 0 Å². The number of rotatable bonds is 13. The fourth-order valence-corrected chi connectivity index (χ4v) is 7.92. The molecule has 3 fully saturated rings. The number of ether oxygens (including phenoxy) is 4. The first-order valence-corrected chi connectivity index (χ1v) is 19.0. The monoisotopic (exact) mass is 839 g/mol. The zero-order valence-corrected chi connectivity index (χ0v) is 32.4. The van der Waals surface area contributed by atoms with Crippen LogP contribution in [0.15, 0.2) is 66.3 Å². The number of thiophene rings is 1. The van der Waals surface area contributed by atoms with Crippen molar-refractivity contribution in [3.8, 4) is 11.5 Å². The van der Waals surface area contributed by atoms with E-state index in [1.807, 2.05) is 0 Å². The van der Waals surface area contributed by atoms with Crippen LogP contribution in [0, 0.1) is 16.9 Å². The van der Waals surface area contributed by atoms with Gasteiger partial charge >= 0.3 is 18.7 Å². The predicted octanol–water partition coefficient (Wildman–Crippen LogP) is 8.30. The summed E-state index contributed by atoms with van der Waals surface area (Å²) in [7, 11) is 0. The lowest BCUT2D eigenvalue weighted by Gasteiger charge is -2.44. The van der Waals surface area contributed by atoms with E-state index in [-0.39, 0.29) is 64.3 Å². The molecule has 56 heavy (non-hydrogen) atoms. The number of esters is 1. The molecule has 300 valence electrons. The number of carboxylic acid groups (broad SMARTS) is 1. The molecule has 3 saturated heterocycles. The summed E-state index contributed by atoms with van der Waals surface area (Å²) in [6, 6.07) is 11.6. The first-order chi connectivity index (χ1) is 26.8. The minimum atomic E-state index is -3.12. The van der Waals surface area contributed by atoms with Crippen LogP contribution in [0.2, 0.25) is 10.0 Å². The van der Waals surface area contributed by atoms with Crippen LogP contribution in [-0.4, -0.2) is 67.0 Å². The SMILES string of the molecule is CC(C)Oc1cc([C@H](Cc2c(Cl)c[n+]([O-])cc2Cl)OC(=O)c2csc(CN(C(=O)O[C@H]3CN4CCC3CC4)c3ccccc3F)c2)ccc1OC(F)F.O=CO. The molecular weight excluding hydrogens is 802 g/mol. The summed E-state index contributed by atoms with van der Waals surface area (Å²) in [4.78, 5) is 39.8. The van der Waals surface area contributed by atoms with Gasteiger partial charge in [-0.3, -0.25) is 14.6 Å². The van der Waals surface area contributed by atoms with Crippen LogP contribution in [0.25, 0.3) is 0 Å². The second-order valence-corrected chi connectivity index (χ2v) is 15.0. The number of fused-ring (bicyclic) bond motifs is 3. The highest BCUT2D eigenvalue weighted by molar-refractivity contribution is 7.10. The number of para-hydroxylation sites is 1. The van der Waals surface area contributed by atoms with Crippen molar-refractivity contribution in [1.82, 2.24) is 4.90 Å². The molecule has 2 bridgehead atoms. The Morgan fingerprint density at radius 2 is 1.75 bits per heavy atom. The molecule has 0 saturated carbocycles. The van der Waals surface area contributed by atoms with Crippen molar-refractivity contribution in [3.63, 3.8) is 0 Å². The summed E-state index contributed by atoms with van der Waals surface area (Å²) >= 11 is 13.9. The summed E-state index contributed by atoms with van der Waals surface area (Å²) in [6.45, 7) is 2.50. The van der Waals surface area contributed by atoms with Gasteiger partial charge in [-0.25, -0.2) is 14.0 Å². The van der Waals surface area contributed by atoms with E-state index in [0.29, 0.717) is 27.3 Å². The van der Waals surface area contributed by atoms with Gasteiger partial charge in [0.25, 0.3) is 6.47 Å². The fourth-order valence-electron chi connectivity index (χ4n) is 6.48. The molecule has 2 aromatic carbocycles. The molecule has 4 aromatic rings. The van der Waals surface area contributed by atoms with Crippen LogP contribution in [0.5, 0.6) is 11.5 Å². The van der Waals surface area contributed by atoms with Gasteiger partial charge in [-0.1, -0.05) is 41.4 Å². The number of piperidine rings is 3. The van der Waals surface area contributed by atoms with Crippen molar-refractivity contribution in [2.75, 3.05) is 24.5 Å². The van der Waals surface area contributed by atoms with E-state index in [1.165, 1.54) is 47.4 Å². The van der Waals surface area contributed by atoms with Gasteiger partial charge in [0, 0.05) is 28.8 Å². The molecule has 0 unspecified atom stereocenters. The van der Waals surface area contributed by atoms with Crippen LogP contribution in [-0.2, 0) is 27.2 Å². The van der Waals surface area contributed by atoms with Crippen molar-refractivity contribution >= 4 is 58.8 Å². The number of alkyl halides is 2. The fraction of sp³-hybridized carbons (Fsp3) is 0.368. The number of nitrogens with zero attached hydrogens (tertiary/aromatic N) is 3. The number of carbonyl (C=O) groups is 3. The number of aromatic nitrogens is 1. The molecule has 2 atom stereocenters. The zero-order valence-electron chi connectivity index (χ0n) is 30.1. The Balaban J connectivity index is 0.00000194. The van der Waals surface area contributed by atoms with Crippen molar-refractivity contribution in [2.24, 2.45) is 5.92 Å². The third-order valence-electron chi connectivity index (χ3n) is 9.03. The highest BCUT2D eigenvalue weighted by atomic mass is 35.5. The Morgan fingerprint density at radius 1 is 1.07 bits per heavy atom. The van der Waals surface area contributed by atoms with E-state index in [2.05, 4.69) is 9.64 Å². The number of carbonyl (C=O) groups excluding carboxylic acids is 2. The molecule has 0 aliphatic carbocycles. The summed E-state index contributed by atoms with van der Waals surface area (Å²) < 4.78 is 64.3. The predicted molar refractivity (Wildman–Crippen MR) is 201 cm³/mol. The quantitative estimate of drug-likeness (QED) is 0.0605. The Labute approximate surface area is 334 Å². The first-order valence-electron chi connectivity index (χ1n) is 17.4. The molecule has 1 amide bonds. The highest BCUT2D eigenvalue weighted by Crippen LogP contribution is 2.37. The molecule has 0 radical (unpaired) electrons. The maximum atomic E-state index is 15.1. The molecule has 2 aromatic heterocycles. The summed E-state index contributed by atoms with van der Waals surface area (Å²) in [5.41, 5.74) is 0.794. The lowest BCUT2D eigenvalue weighted by atomic mass is 9.86. The Morgan fingerprint density at radius 3 is 2.36 bits per heavy atom. The smallest absolute Gasteiger partial charge is 0.415 e. The van der Waals surface area contributed by atoms with Crippen molar-refractivity contribution < 1.29 is 56.3 Å². The first kappa shape index (κ1) is 42.4. The molecule has 1 N–H and O–H groups in total. The highest BCUT2D eigenvalue weighted by Gasteiger charge is 2.38. The molecule has 5 heterocycles. The standard InChI is InChI=1S/C37H36Cl2F3N3O7S.CH2O2/c1-21(2)49-33-14-23(7-8-31(33)51-36(41)42)32(15-26-27(38)17-44(48)18-28(26)39)50-35(46)24-13-25(53-20-24)16-45(30-6-4-3-5-29(30)40)37(47)52-34-19-43-11-9-22(34)10-12-43;2-1-3/h3-8,13-14,17-18,20-22,32,34,36H,9-12,15-16,19H2,1-2H3;1H,(H,2,3)/t32-,34-;/m0./s1. The third-order valence-corrected chi connectivity index (χ3v) is 10.6. The minimum Gasteiger partial charge on any atom is -0.619 e. The molecule has 3 aliphatic heterocycles. The van der Waals surface area contributed by atoms with E-state index >= 15 is 4.39 Å². The Hall–Kier alpha value is -4.77. The molecule has 12 nitrogen and oxygen atoms in total. The van der Waals surface area contributed by atoms with Crippen molar-refractivity contribution in [2.45, 2.75) is 64.6 Å². The summed E-state index contributed by atoms with van der Waals surface area (Å²) in [5.74, 6) is -1.38. The van der Waals surface area contributed by atoms with Gasteiger partial charge in [0.2, 0.25) is 0 Å². The number of hydrogen-bond donors (Lipinski definition) is 1. The lowest BCUT2D eigenvalue weighted by molar-refractivity contribution is -0.605. The Bertz CT molecular complexity index is 1980. The van der Waals surface area contributed by atoms with Gasteiger partial charge in [-0.2, -0.15) is 13.5 Å². The van der Waals surface area contributed by atoms with E-state index in [0.717, 1.165) is 49.7 Å². The second-order valence-electron chi connectivity index (χ2n) is 13.1. The Kier molecular flexibility index (Phi) is 14.7.